The lowest BCUT2D eigenvalue weighted by molar-refractivity contribution is 0.102. The lowest BCUT2D eigenvalue weighted by Crippen LogP contribution is -2.11. The van der Waals surface area contributed by atoms with Gasteiger partial charge in [0, 0.05) is 29.0 Å². The molecule has 5 rings (SSSR count). The summed E-state index contributed by atoms with van der Waals surface area (Å²) in [6, 6.07) is 16.2. The van der Waals surface area contributed by atoms with Crippen LogP contribution in [0.15, 0.2) is 79.3 Å². The predicted molar refractivity (Wildman–Crippen MR) is 120 cm³/mol. The normalized spacial score (nSPS) is 11.1. The Bertz CT molecular complexity index is 1410. The molecule has 0 unspecified atom stereocenters. The summed E-state index contributed by atoms with van der Waals surface area (Å²) in [5.74, 6) is -0.641. The first-order chi connectivity index (χ1) is 15.6. The van der Waals surface area contributed by atoms with Crippen molar-refractivity contribution in [2.75, 3.05) is 5.32 Å². The van der Waals surface area contributed by atoms with Crippen LogP contribution >= 0.6 is 11.6 Å². The number of benzene rings is 2. The molecule has 0 saturated heterocycles. The van der Waals surface area contributed by atoms with Crippen LogP contribution in [0.3, 0.4) is 0 Å². The number of nitrogens with one attached hydrogen (secondary N) is 1. The molecule has 158 valence electrons. The number of halogens is 2. The van der Waals surface area contributed by atoms with Crippen LogP contribution in [0.2, 0.25) is 5.02 Å². The van der Waals surface area contributed by atoms with Crippen LogP contribution in [-0.2, 0) is 6.54 Å². The summed E-state index contributed by atoms with van der Waals surface area (Å²) >= 11 is 6.22. The highest BCUT2D eigenvalue weighted by Crippen LogP contribution is 2.23. The molecule has 5 aromatic rings. The molecule has 0 atom stereocenters. The number of aromatic nitrogens is 5. The summed E-state index contributed by atoms with van der Waals surface area (Å²) < 4.78 is 16.6. The molecule has 0 aliphatic heterocycles. The fourth-order valence-electron chi connectivity index (χ4n) is 3.36. The Morgan fingerprint density at radius 3 is 2.59 bits per heavy atom. The molecule has 0 aliphatic rings. The Morgan fingerprint density at radius 2 is 1.81 bits per heavy atom. The molecule has 2 aromatic carbocycles. The van der Waals surface area contributed by atoms with Gasteiger partial charge in [0.2, 0.25) is 0 Å². The molecule has 1 N–H and O–H groups in total. The third-order valence-corrected chi connectivity index (χ3v) is 5.31. The topological polar surface area (TPSA) is 77.6 Å². The number of carbonyl (C=O) groups excluding carboxylic acids is 1. The predicted octanol–water partition coefficient (Wildman–Crippen LogP) is 4.71. The van der Waals surface area contributed by atoms with E-state index in [0.29, 0.717) is 22.8 Å². The summed E-state index contributed by atoms with van der Waals surface area (Å²) in [4.78, 5) is 16.8. The highest BCUT2D eigenvalue weighted by molar-refractivity contribution is 6.35. The second-order valence-corrected chi connectivity index (χ2v) is 7.54. The molecular weight excluding hydrogens is 431 g/mol. The van der Waals surface area contributed by atoms with Crippen LogP contribution in [0.4, 0.5) is 10.1 Å². The first-order valence-corrected chi connectivity index (χ1v) is 10.1. The fraction of sp³-hybridized carbons (Fsp3) is 0.0435. The van der Waals surface area contributed by atoms with Gasteiger partial charge in [0.15, 0.2) is 0 Å². The fourth-order valence-corrected chi connectivity index (χ4v) is 3.56. The van der Waals surface area contributed by atoms with E-state index in [1.807, 2.05) is 23.0 Å². The number of rotatable bonds is 5. The van der Waals surface area contributed by atoms with E-state index in [-0.39, 0.29) is 11.7 Å². The number of anilines is 1. The maximum absolute atomic E-state index is 13.0. The molecule has 3 aromatic heterocycles. The number of pyridine rings is 1. The molecule has 7 nitrogen and oxygen atoms in total. The first kappa shape index (κ1) is 19.9. The van der Waals surface area contributed by atoms with Gasteiger partial charge in [-0.25, -0.2) is 14.1 Å². The van der Waals surface area contributed by atoms with Crippen molar-refractivity contribution in [2.45, 2.75) is 6.54 Å². The number of amides is 1. The van der Waals surface area contributed by atoms with Crippen molar-refractivity contribution >= 4 is 34.2 Å². The van der Waals surface area contributed by atoms with Crippen LogP contribution in [0.1, 0.15) is 16.1 Å². The van der Waals surface area contributed by atoms with E-state index in [0.717, 1.165) is 22.4 Å². The van der Waals surface area contributed by atoms with Gasteiger partial charge in [-0.1, -0.05) is 16.8 Å². The maximum atomic E-state index is 13.0. The highest BCUT2D eigenvalue weighted by atomic mass is 35.5. The van der Waals surface area contributed by atoms with Crippen LogP contribution in [-0.4, -0.2) is 30.5 Å². The Balaban J connectivity index is 1.30. The summed E-state index contributed by atoms with van der Waals surface area (Å²) in [7, 11) is 0. The van der Waals surface area contributed by atoms with Gasteiger partial charge < -0.3 is 9.88 Å². The number of nitrogens with zero attached hydrogens (tertiary/aromatic N) is 5. The molecule has 0 saturated carbocycles. The number of hydrogen-bond donors (Lipinski definition) is 1. The third-order valence-electron chi connectivity index (χ3n) is 4.98. The SMILES string of the molecule is O=C(Nc1ccc(F)cc1)c1ccc(-n2cc(Cn3ccc4c(Cl)ccnc43)nn2)cc1. The first-order valence-electron chi connectivity index (χ1n) is 9.75. The smallest absolute Gasteiger partial charge is 0.255 e. The average molecular weight is 447 g/mol. The van der Waals surface area contributed by atoms with Crippen LogP contribution in [0.25, 0.3) is 16.7 Å². The molecular formula is C23H16ClFN6O. The van der Waals surface area contributed by atoms with Gasteiger partial charge in [0.25, 0.3) is 5.91 Å². The van der Waals surface area contributed by atoms with Gasteiger partial charge in [0.05, 0.1) is 23.5 Å². The Kier molecular flexibility index (Phi) is 5.12. The Labute approximate surface area is 187 Å². The van der Waals surface area contributed by atoms with E-state index < -0.39 is 0 Å². The monoisotopic (exact) mass is 446 g/mol. The quantitative estimate of drug-likeness (QED) is 0.424. The Hall–Kier alpha value is -4.04. The minimum atomic E-state index is -0.357. The zero-order chi connectivity index (χ0) is 22.1. The lowest BCUT2D eigenvalue weighted by atomic mass is 10.2. The number of carbonyl (C=O) groups is 1. The zero-order valence-electron chi connectivity index (χ0n) is 16.6. The zero-order valence-corrected chi connectivity index (χ0v) is 17.4. The molecule has 0 fully saturated rings. The Morgan fingerprint density at radius 1 is 1.03 bits per heavy atom. The number of fused-ring (bicyclic) bond motifs is 1. The summed E-state index contributed by atoms with van der Waals surface area (Å²) in [6.07, 6.45) is 5.41. The van der Waals surface area contributed by atoms with Gasteiger partial charge in [-0.2, -0.15) is 0 Å². The third kappa shape index (κ3) is 3.95. The van der Waals surface area contributed by atoms with E-state index in [9.17, 15) is 9.18 Å². The summed E-state index contributed by atoms with van der Waals surface area (Å²) in [5, 5.41) is 12.7. The van der Waals surface area contributed by atoms with E-state index in [4.69, 9.17) is 11.6 Å². The van der Waals surface area contributed by atoms with Gasteiger partial charge in [-0.3, -0.25) is 4.79 Å². The molecule has 32 heavy (non-hydrogen) atoms. The van der Waals surface area contributed by atoms with E-state index >= 15 is 0 Å². The van der Waals surface area contributed by atoms with Gasteiger partial charge in [0.1, 0.15) is 17.2 Å². The number of hydrogen-bond acceptors (Lipinski definition) is 4. The van der Waals surface area contributed by atoms with Crippen molar-refractivity contribution in [3.05, 3.63) is 101 Å². The van der Waals surface area contributed by atoms with Crippen molar-refractivity contribution in [3.63, 3.8) is 0 Å². The van der Waals surface area contributed by atoms with Crippen molar-refractivity contribution in [1.82, 2.24) is 24.5 Å². The van der Waals surface area contributed by atoms with E-state index in [1.165, 1.54) is 24.3 Å². The largest absolute Gasteiger partial charge is 0.326 e. The molecule has 0 aliphatic carbocycles. The van der Waals surface area contributed by atoms with Crippen molar-refractivity contribution in [2.24, 2.45) is 0 Å². The van der Waals surface area contributed by atoms with Crippen molar-refractivity contribution in [1.29, 1.82) is 0 Å². The van der Waals surface area contributed by atoms with Crippen LogP contribution in [0.5, 0.6) is 0 Å². The average Bonchev–Trinajstić information content (AvgIpc) is 3.44. The molecule has 3 heterocycles. The van der Waals surface area contributed by atoms with Gasteiger partial charge in [-0.15, -0.1) is 5.10 Å². The highest BCUT2D eigenvalue weighted by Gasteiger charge is 2.10. The molecule has 0 bridgehead atoms. The van der Waals surface area contributed by atoms with Crippen molar-refractivity contribution in [3.8, 4) is 5.69 Å². The second-order valence-electron chi connectivity index (χ2n) is 7.14. The lowest BCUT2D eigenvalue weighted by Gasteiger charge is -2.06. The molecule has 1 amide bonds. The van der Waals surface area contributed by atoms with E-state index in [1.54, 1.807) is 41.2 Å². The summed E-state index contributed by atoms with van der Waals surface area (Å²) in [5.41, 5.74) is 3.29. The standard InChI is InChI=1S/C23H16ClFN6O/c24-21-9-11-26-22-20(21)10-12-30(22)13-18-14-31(29-28-18)19-7-1-15(2-8-19)23(32)27-17-5-3-16(25)4-6-17/h1-12,14H,13H2,(H,27,32). The van der Waals surface area contributed by atoms with Gasteiger partial charge >= 0.3 is 0 Å². The van der Waals surface area contributed by atoms with Crippen LogP contribution < -0.4 is 5.32 Å². The van der Waals surface area contributed by atoms with E-state index in [2.05, 4.69) is 20.6 Å². The van der Waals surface area contributed by atoms with Gasteiger partial charge in [-0.05, 0) is 60.7 Å². The molecule has 9 heteroatoms. The summed E-state index contributed by atoms with van der Waals surface area (Å²) in [6.45, 7) is 0.495. The molecule has 0 radical (unpaired) electrons. The minimum Gasteiger partial charge on any atom is -0.326 e. The van der Waals surface area contributed by atoms with Crippen molar-refractivity contribution < 1.29 is 9.18 Å². The second kappa shape index (κ2) is 8.24. The minimum absolute atomic E-state index is 0.284. The maximum Gasteiger partial charge on any atom is 0.255 e. The van der Waals surface area contributed by atoms with Crippen LogP contribution in [0, 0.1) is 5.82 Å². The molecule has 0 spiro atoms.